The monoisotopic (exact) mass is 384 g/mol. The van der Waals surface area contributed by atoms with Crippen LogP contribution in [0.2, 0.25) is 0 Å². The number of para-hydroxylation sites is 2. The summed E-state index contributed by atoms with van der Waals surface area (Å²) >= 11 is 0. The Balaban J connectivity index is 1.71. The average molecular weight is 384 g/mol. The van der Waals surface area contributed by atoms with Crippen LogP contribution < -0.4 is 9.30 Å². The van der Waals surface area contributed by atoms with E-state index in [1.165, 1.54) is 0 Å². The number of benzene rings is 3. The van der Waals surface area contributed by atoms with Crippen molar-refractivity contribution >= 4 is 33.6 Å². The number of rotatable bonds is 5. The summed E-state index contributed by atoms with van der Waals surface area (Å²) in [4.78, 5) is 24.3. The van der Waals surface area contributed by atoms with Crippen LogP contribution in [0.25, 0.3) is 21.8 Å². The molecule has 0 aliphatic rings. The molecule has 0 aliphatic carbocycles. The Labute approximate surface area is 169 Å². The highest BCUT2D eigenvalue weighted by atomic mass is 16.5. The molecule has 144 valence electrons. The summed E-state index contributed by atoms with van der Waals surface area (Å²) in [5, 5.41) is 1.72. The summed E-state index contributed by atoms with van der Waals surface area (Å²) in [6, 6.07) is 23.0. The minimum Gasteiger partial charge on any atom is -0.423 e. The zero-order valence-corrected chi connectivity index (χ0v) is 16.5. The summed E-state index contributed by atoms with van der Waals surface area (Å²) in [5.41, 5.74) is 3.55. The molecular weight excluding hydrogens is 362 g/mol. The highest BCUT2D eigenvalue weighted by Crippen LogP contribution is 2.26. The fourth-order valence-electron chi connectivity index (χ4n) is 3.65. The van der Waals surface area contributed by atoms with Gasteiger partial charge in [0.1, 0.15) is 18.6 Å². The third-order valence-electron chi connectivity index (χ3n) is 5.17. The summed E-state index contributed by atoms with van der Waals surface area (Å²) in [6.07, 6.45) is 1.20. The van der Waals surface area contributed by atoms with Gasteiger partial charge in [0, 0.05) is 18.6 Å². The summed E-state index contributed by atoms with van der Waals surface area (Å²) in [7, 11) is 2.00. The number of esters is 1. The van der Waals surface area contributed by atoms with E-state index in [0.29, 0.717) is 24.2 Å². The van der Waals surface area contributed by atoms with Crippen LogP contribution in [-0.2, 0) is 18.3 Å². The molecule has 0 N–H and O–H groups in total. The van der Waals surface area contributed by atoms with Gasteiger partial charge in [-0.3, -0.25) is 0 Å². The molecule has 3 aromatic carbocycles. The van der Waals surface area contributed by atoms with Crippen LogP contribution in [0.4, 0.5) is 0 Å². The van der Waals surface area contributed by atoms with Crippen LogP contribution in [0.1, 0.15) is 29.3 Å². The van der Waals surface area contributed by atoms with Crippen molar-refractivity contribution in [3.05, 3.63) is 83.9 Å². The third-order valence-corrected chi connectivity index (χ3v) is 5.17. The number of hydrogen-bond donors (Lipinski definition) is 0. The maximum Gasteiger partial charge on any atom is 0.345 e. The van der Waals surface area contributed by atoms with Crippen molar-refractivity contribution in [1.82, 2.24) is 0 Å². The Hall–Kier alpha value is -3.53. The van der Waals surface area contributed by atoms with Gasteiger partial charge in [0.05, 0.1) is 16.3 Å². The number of Topliss-reactive ketones (excluding diaryl/α,β-unsaturated/α-hetero) is 1. The molecule has 0 saturated heterocycles. The van der Waals surface area contributed by atoms with Gasteiger partial charge in [0.25, 0.3) is 0 Å². The van der Waals surface area contributed by atoms with Gasteiger partial charge in [-0.2, -0.15) is 4.57 Å². The normalized spacial score (nSPS) is 11.0. The zero-order chi connectivity index (χ0) is 20.4. The SMILES string of the molecule is CC(=O)CCc1ccc(OC(=O)c2c3ccccc3[n+](C)c3ccccc23)cc1. The molecule has 0 spiro atoms. The molecule has 1 heterocycles. The van der Waals surface area contributed by atoms with E-state index in [2.05, 4.69) is 4.57 Å². The van der Waals surface area contributed by atoms with Crippen molar-refractivity contribution in [2.75, 3.05) is 0 Å². The lowest BCUT2D eigenvalue weighted by atomic mass is 10.0. The molecule has 0 unspecified atom stereocenters. The maximum absolute atomic E-state index is 13.2. The topological polar surface area (TPSA) is 47.3 Å². The summed E-state index contributed by atoms with van der Waals surface area (Å²) in [6.45, 7) is 1.59. The molecule has 0 radical (unpaired) electrons. The molecule has 0 amide bonds. The van der Waals surface area contributed by atoms with Gasteiger partial charge in [0.2, 0.25) is 11.0 Å². The lowest BCUT2D eigenvalue weighted by molar-refractivity contribution is -0.617. The largest absolute Gasteiger partial charge is 0.423 e. The molecule has 29 heavy (non-hydrogen) atoms. The number of carbonyl (C=O) groups excluding carboxylic acids is 2. The summed E-state index contributed by atoms with van der Waals surface area (Å²) in [5.74, 6) is 0.272. The summed E-state index contributed by atoms with van der Waals surface area (Å²) < 4.78 is 7.81. The zero-order valence-electron chi connectivity index (χ0n) is 16.5. The van der Waals surface area contributed by atoms with Crippen LogP contribution in [0.3, 0.4) is 0 Å². The standard InChI is InChI=1S/C25H22NO3/c1-17(27)11-12-18-13-15-19(16-14-18)29-25(28)24-20-7-3-5-9-22(20)26(2)23-10-6-4-8-21(23)24/h3-10,13-16H,11-12H2,1-2H3/q+1. The first-order valence-electron chi connectivity index (χ1n) is 9.64. The van der Waals surface area contributed by atoms with Crippen LogP contribution in [0, 0.1) is 0 Å². The Bertz CT molecular complexity index is 1170. The number of aryl methyl sites for hydroxylation is 2. The predicted octanol–water partition coefficient (Wildman–Crippen LogP) is 4.56. The molecule has 0 aliphatic heterocycles. The lowest BCUT2D eigenvalue weighted by Crippen LogP contribution is -2.31. The second kappa shape index (κ2) is 7.84. The highest BCUT2D eigenvalue weighted by molar-refractivity contribution is 6.13. The van der Waals surface area contributed by atoms with E-state index in [1.54, 1.807) is 19.1 Å². The van der Waals surface area contributed by atoms with Gasteiger partial charge >= 0.3 is 5.97 Å². The molecule has 4 heteroatoms. The predicted molar refractivity (Wildman–Crippen MR) is 113 cm³/mol. The molecule has 0 bridgehead atoms. The Morgan fingerprint density at radius 1 is 0.828 bits per heavy atom. The van der Waals surface area contributed by atoms with Gasteiger partial charge in [-0.05, 0) is 43.2 Å². The highest BCUT2D eigenvalue weighted by Gasteiger charge is 2.23. The first kappa shape index (κ1) is 18.8. The van der Waals surface area contributed by atoms with Gasteiger partial charge in [-0.15, -0.1) is 0 Å². The van der Waals surface area contributed by atoms with E-state index in [1.807, 2.05) is 67.7 Å². The molecule has 4 aromatic rings. The number of pyridine rings is 1. The van der Waals surface area contributed by atoms with Crippen LogP contribution in [0.15, 0.2) is 72.8 Å². The van der Waals surface area contributed by atoms with E-state index < -0.39 is 0 Å². The van der Waals surface area contributed by atoms with E-state index in [-0.39, 0.29) is 11.8 Å². The van der Waals surface area contributed by atoms with Crippen LogP contribution in [-0.4, -0.2) is 11.8 Å². The molecule has 4 nitrogen and oxygen atoms in total. The number of carbonyl (C=O) groups is 2. The smallest absolute Gasteiger partial charge is 0.345 e. The van der Waals surface area contributed by atoms with Crippen molar-refractivity contribution in [3.8, 4) is 5.75 Å². The lowest BCUT2D eigenvalue weighted by Gasteiger charge is -2.10. The van der Waals surface area contributed by atoms with Gasteiger partial charge < -0.3 is 9.53 Å². The van der Waals surface area contributed by atoms with Crippen molar-refractivity contribution < 1.29 is 18.9 Å². The van der Waals surface area contributed by atoms with Gasteiger partial charge in [-0.25, -0.2) is 4.79 Å². The first-order chi connectivity index (χ1) is 14.0. The van der Waals surface area contributed by atoms with Crippen molar-refractivity contribution in [1.29, 1.82) is 0 Å². The molecule has 4 rings (SSSR count). The number of nitrogens with zero attached hydrogens (tertiary/aromatic N) is 1. The van der Waals surface area contributed by atoms with Crippen LogP contribution >= 0.6 is 0 Å². The Morgan fingerprint density at radius 2 is 1.38 bits per heavy atom. The van der Waals surface area contributed by atoms with Gasteiger partial charge in [-0.1, -0.05) is 36.4 Å². The number of ketones is 1. The molecular formula is C25H22NO3+. The minimum absolute atomic E-state index is 0.163. The van der Waals surface area contributed by atoms with E-state index in [4.69, 9.17) is 4.74 Å². The fourth-order valence-corrected chi connectivity index (χ4v) is 3.65. The van der Waals surface area contributed by atoms with Crippen molar-refractivity contribution in [2.45, 2.75) is 19.8 Å². The first-order valence-corrected chi connectivity index (χ1v) is 9.64. The minimum atomic E-state index is -0.380. The van der Waals surface area contributed by atoms with Crippen LogP contribution in [0.5, 0.6) is 5.75 Å². The molecule has 1 aromatic heterocycles. The van der Waals surface area contributed by atoms with E-state index in [9.17, 15) is 9.59 Å². The fraction of sp³-hybridized carbons (Fsp3) is 0.160. The number of ether oxygens (including phenoxy) is 1. The van der Waals surface area contributed by atoms with Crippen molar-refractivity contribution in [3.63, 3.8) is 0 Å². The maximum atomic E-state index is 13.2. The molecule has 0 fully saturated rings. The van der Waals surface area contributed by atoms with E-state index >= 15 is 0 Å². The van der Waals surface area contributed by atoms with Gasteiger partial charge in [0.15, 0.2) is 0 Å². The number of aromatic nitrogens is 1. The number of hydrogen-bond acceptors (Lipinski definition) is 3. The molecule has 0 saturated carbocycles. The second-order valence-corrected chi connectivity index (χ2v) is 7.20. The average Bonchev–Trinajstić information content (AvgIpc) is 2.73. The third kappa shape index (κ3) is 3.74. The van der Waals surface area contributed by atoms with E-state index in [0.717, 1.165) is 27.4 Å². The number of fused-ring (bicyclic) bond motifs is 2. The Morgan fingerprint density at radius 3 is 1.93 bits per heavy atom. The molecule has 0 atom stereocenters. The Kier molecular flexibility index (Phi) is 5.09. The van der Waals surface area contributed by atoms with Crippen molar-refractivity contribution in [2.24, 2.45) is 7.05 Å². The second-order valence-electron chi connectivity index (χ2n) is 7.20. The quantitative estimate of drug-likeness (QED) is 0.219.